The first kappa shape index (κ1) is 10.9. The Hall–Kier alpha value is -1.61. The molecule has 0 amide bonds. The van der Waals surface area contributed by atoms with Gasteiger partial charge in [0.15, 0.2) is 0 Å². The normalized spacial score (nSPS) is 23.5. The maximum absolute atomic E-state index is 10.2. The molecule has 1 aromatic rings. The predicted molar refractivity (Wildman–Crippen MR) is 60.1 cm³/mol. The zero-order chi connectivity index (χ0) is 11.4. The Labute approximate surface area is 94.4 Å². The molecule has 0 spiro atoms. The summed E-state index contributed by atoms with van der Waals surface area (Å²) in [6.45, 7) is 0. The molecule has 2 atom stereocenters. The molecule has 16 heavy (non-hydrogen) atoms. The highest BCUT2D eigenvalue weighted by molar-refractivity contribution is 5.79. The number of benzene rings is 1. The highest BCUT2D eigenvalue weighted by Crippen LogP contribution is 2.41. The lowest BCUT2D eigenvalue weighted by Gasteiger charge is -1.93. The van der Waals surface area contributed by atoms with E-state index in [4.69, 9.17) is 9.84 Å². The number of carbonyl (C=O) groups is 1. The number of allylic oxidation sites excluding steroid dienone is 1. The van der Waals surface area contributed by atoms with E-state index in [0.29, 0.717) is 0 Å². The van der Waals surface area contributed by atoms with Crippen molar-refractivity contribution in [1.82, 2.24) is 0 Å². The van der Waals surface area contributed by atoms with Crippen LogP contribution in [-0.4, -0.2) is 17.2 Å². The average molecular weight is 218 g/mol. The van der Waals surface area contributed by atoms with E-state index < -0.39 is 5.97 Å². The monoisotopic (exact) mass is 218 g/mol. The summed E-state index contributed by atoms with van der Waals surface area (Å²) in [5, 5.41) is 8.41. The first-order valence-electron chi connectivity index (χ1n) is 5.37. The first-order valence-corrected chi connectivity index (χ1v) is 5.37. The zero-order valence-corrected chi connectivity index (χ0v) is 8.87. The van der Waals surface area contributed by atoms with Gasteiger partial charge in [-0.15, -0.1) is 0 Å². The number of hydrogen-bond acceptors (Lipinski definition) is 2. The van der Waals surface area contributed by atoms with Crippen molar-refractivity contribution in [3.8, 4) is 0 Å². The fraction of sp³-hybridized carbons (Fsp3) is 0.308. The van der Waals surface area contributed by atoms with E-state index in [0.717, 1.165) is 12.8 Å². The summed E-state index contributed by atoms with van der Waals surface area (Å²) >= 11 is 0. The Morgan fingerprint density at radius 3 is 2.81 bits per heavy atom. The molecule has 1 N–H and O–H groups in total. The maximum atomic E-state index is 10.2. The van der Waals surface area contributed by atoms with Gasteiger partial charge in [0.05, 0.1) is 6.10 Å². The van der Waals surface area contributed by atoms with Crippen molar-refractivity contribution in [2.24, 2.45) is 0 Å². The van der Waals surface area contributed by atoms with Crippen LogP contribution < -0.4 is 0 Å². The van der Waals surface area contributed by atoms with E-state index in [1.54, 1.807) is 6.08 Å². The molecule has 1 fully saturated rings. The molecule has 0 aliphatic carbocycles. The van der Waals surface area contributed by atoms with Gasteiger partial charge < -0.3 is 9.84 Å². The molecule has 0 bridgehead atoms. The lowest BCUT2D eigenvalue weighted by atomic mass is 10.1. The molecule has 1 heterocycles. The standard InChI is InChI=1S/C13H14O3/c14-12(15)9-5-4-8-11-13(16-11)10-6-2-1-3-7-10/h1-3,5-7,9,11,13H,4,8H2,(H,14,15)/b9-5-. The number of epoxide rings is 1. The van der Waals surface area contributed by atoms with Crippen LogP contribution in [0, 0.1) is 0 Å². The Balaban J connectivity index is 1.74. The third-order valence-electron chi connectivity index (χ3n) is 2.59. The summed E-state index contributed by atoms with van der Waals surface area (Å²) in [5.74, 6) is -0.892. The Morgan fingerprint density at radius 1 is 1.38 bits per heavy atom. The first-order chi connectivity index (χ1) is 7.77. The third-order valence-corrected chi connectivity index (χ3v) is 2.59. The lowest BCUT2D eigenvalue weighted by molar-refractivity contribution is -0.131. The van der Waals surface area contributed by atoms with Crippen LogP contribution >= 0.6 is 0 Å². The molecule has 3 nitrogen and oxygen atoms in total. The molecule has 1 aromatic carbocycles. The third kappa shape index (κ3) is 2.94. The second-order valence-corrected chi connectivity index (χ2v) is 3.82. The Kier molecular flexibility index (Phi) is 3.37. The smallest absolute Gasteiger partial charge is 0.327 e. The molecular weight excluding hydrogens is 204 g/mol. The van der Waals surface area contributed by atoms with E-state index in [1.165, 1.54) is 11.6 Å². The van der Waals surface area contributed by atoms with E-state index in [2.05, 4.69) is 12.1 Å². The van der Waals surface area contributed by atoms with Gasteiger partial charge in [-0.05, 0) is 18.4 Å². The molecule has 1 saturated heterocycles. The second kappa shape index (κ2) is 4.94. The topological polar surface area (TPSA) is 49.8 Å². The molecule has 3 heteroatoms. The van der Waals surface area contributed by atoms with Crippen molar-refractivity contribution in [2.75, 3.05) is 0 Å². The van der Waals surface area contributed by atoms with Crippen LogP contribution in [0.5, 0.6) is 0 Å². The molecule has 0 saturated carbocycles. The highest BCUT2D eigenvalue weighted by atomic mass is 16.6. The molecule has 84 valence electrons. The van der Waals surface area contributed by atoms with E-state index in [1.807, 2.05) is 18.2 Å². The van der Waals surface area contributed by atoms with Crippen LogP contribution in [0.2, 0.25) is 0 Å². The van der Waals surface area contributed by atoms with Crippen LogP contribution in [0.15, 0.2) is 42.5 Å². The molecule has 0 aromatic heterocycles. The Bertz CT molecular complexity index is 383. The minimum Gasteiger partial charge on any atom is -0.478 e. The number of ether oxygens (including phenoxy) is 1. The molecule has 2 unspecified atom stereocenters. The lowest BCUT2D eigenvalue weighted by Crippen LogP contribution is -1.89. The van der Waals surface area contributed by atoms with Crippen LogP contribution in [0.3, 0.4) is 0 Å². The minimum absolute atomic E-state index is 0.208. The number of rotatable bonds is 5. The van der Waals surface area contributed by atoms with Gasteiger partial charge in [-0.3, -0.25) is 0 Å². The number of carboxylic acid groups (broad SMARTS) is 1. The van der Waals surface area contributed by atoms with Crippen LogP contribution in [0.1, 0.15) is 24.5 Å². The zero-order valence-electron chi connectivity index (χ0n) is 8.87. The van der Waals surface area contributed by atoms with Crippen molar-refractivity contribution < 1.29 is 14.6 Å². The summed E-state index contributed by atoms with van der Waals surface area (Å²) in [5.41, 5.74) is 1.20. The van der Waals surface area contributed by atoms with E-state index in [9.17, 15) is 4.79 Å². The molecule has 2 rings (SSSR count). The Morgan fingerprint density at radius 2 is 2.12 bits per heavy atom. The van der Waals surface area contributed by atoms with Gasteiger partial charge in [0.1, 0.15) is 6.10 Å². The molecule has 1 aliphatic heterocycles. The number of hydrogen-bond donors (Lipinski definition) is 1. The SMILES string of the molecule is O=C(O)/C=C\CCC1OC1c1ccccc1. The fourth-order valence-electron chi connectivity index (χ4n) is 1.74. The predicted octanol–water partition coefficient (Wildman–Crippen LogP) is 2.55. The van der Waals surface area contributed by atoms with Crippen molar-refractivity contribution in [2.45, 2.75) is 25.0 Å². The largest absolute Gasteiger partial charge is 0.478 e. The maximum Gasteiger partial charge on any atom is 0.327 e. The number of carboxylic acids is 1. The quantitative estimate of drug-likeness (QED) is 0.610. The van der Waals surface area contributed by atoms with Gasteiger partial charge in [-0.1, -0.05) is 36.4 Å². The van der Waals surface area contributed by atoms with Gasteiger partial charge >= 0.3 is 5.97 Å². The van der Waals surface area contributed by atoms with Gasteiger partial charge in [0.2, 0.25) is 0 Å². The van der Waals surface area contributed by atoms with Crippen molar-refractivity contribution in [3.63, 3.8) is 0 Å². The molecular formula is C13H14O3. The highest BCUT2D eigenvalue weighted by Gasteiger charge is 2.38. The summed E-state index contributed by atoms with van der Waals surface area (Å²) in [6, 6.07) is 10.1. The van der Waals surface area contributed by atoms with Gasteiger partial charge in [0, 0.05) is 6.08 Å². The van der Waals surface area contributed by atoms with Gasteiger partial charge in [-0.2, -0.15) is 0 Å². The summed E-state index contributed by atoms with van der Waals surface area (Å²) in [6.07, 6.45) is 4.94. The van der Waals surface area contributed by atoms with E-state index in [-0.39, 0.29) is 12.2 Å². The minimum atomic E-state index is -0.892. The van der Waals surface area contributed by atoms with Crippen molar-refractivity contribution >= 4 is 5.97 Å². The van der Waals surface area contributed by atoms with Gasteiger partial charge in [-0.25, -0.2) is 4.79 Å². The second-order valence-electron chi connectivity index (χ2n) is 3.82. The summed E-state index contributed by atoms with van der Waals surface area (Å²) in [7, 11) is 0. The van der Waals surface area contributed by atoms with Crippen LogP contribution in [-0.2, 0) is 9.53 Å². The fourth-order valence-corrected chi connectivity index (χ4v) is 1.74. The van der Waals surface area contributed by atoms with Crippen LogP contribution in [0.25, 0.3) is 0 Å². The van der Waals surface area contributed by atoms with Crippen LogP contribution in [0.4, 0.5) is 0 Å². The summed E-state index contributed by atoms with van der Waals surface area (Å²) < 4.78 is 5.53. The van der Waals surface area contributed by atoms with E-state index >= 15 is 0 Å². The van der Waals surface area contributed by atoms with Crippen molar-refractivity contribution in [3.05, 3.63) is 48.0 Å². The van der Waals surface area contributed by atoms with Gasteiger partial charge in [0.25, 0.3) is 0 Å². The van der Waals surface area contributed by atoms with Crippen molar-refractivity contribution in [1.29, 1.82) is 0 Å². The molecule has 0 radical (unpaired) electrons. The number of aliphatic carboxylic acids is 1. The summed E-state index contributed by atoms with van der Waals surface area (Å²) in [4.78, 5) is 10.2. The molecule has 1 aliphatic rings. The average Bonchev–Trinajstić information content (AvgIpc) is 3.05.